The van der Waals surface area contributed by atoms with Gasteiger partial charge in [-0.25, -0.2) is 4.39 Å². The number of carbonyl (C=O) groups is 2. The van der Waals surface area contributed by atoms with E-state index in [9.17, 15) is 14.0 Å². The number of nitrogens with one attached hydrogen (secondary N) is 2. The first kappa shape index (κ1) is 20.2. The highest BCUT2D eigenvalue weighted by molar-refractivity contribution is 6.02. The summed E-state index contributed by atoms with van der Waals surface area (Å²) in [5.41, 5.74) is 2.45. The summed E-state index contributed by atoms with van der Waals surface area (Å²) >= 11 is 0. The molecule has 2 N–H and O–H groups in total. The van der Waals surface area contributed by atoms with Gasteiger partial charge in [0.1, 0.15) is 12.8 Å². The molecule has 2 amide bonds. The van der Waals surface area contributed by atoms with Crippen LogP contribution in [0.25, 0.3) is 10.9 Å². The molecule has 3 atom stereocenters. The lowest BCUT2D eigenvalue weighted by molar-refractivity contribution is -0.134. The minimum atomic E-state index is -1.01. The quantitative estimate of drug-likeness (QED) is 0.579. The van der Waals surface area contributed by atoms with Gasteiger partial charge in [-0.1, -0.05) is 24.0 Å². The Morgan fingerprint density at radius 1 is 1.23 bits per heavy atom. The van der Waals surface area contributed by atoms with Crippen molar-refractivity contribution in [3.8, 4) is 11.8 Å². The topological polar surface area (TPSA) is 85.2 Å². The van der Waals surface area contributed by atoms with Gasteiger partial charge in [-0.15, -0.1) is 0 Å². The molecule has 1 aliphatic carbocycles. The molecule has 3 heterocycles. The summed E-state index contributed by atoms with van der Waals surface area (Å²) in [4.78, 5) is 24.0. The molecule has 1 unspecified atom stereocenters. The number of hydrogen-bond acceptors (Lipinski definition) is 5. The molecule has 3 aliphatic rings. The Morgan fingerprint density at radius 2 is 2.10 bits per heavy atom. The third-order valence-electron chi connectivity index (χ3n) is 6.16. The number of fused-ring (bicyclic) bond motifs is 1. The fraction of sp³-hybridized carbons (Fsp3) is 0.522. The number of hydrogen-bond donors (Lipinski definition) is 2. The number of halogens is 1. The van der Waals surface area contributed by atoms with Gasteiger partial charge in [0.15, 0.2) is 0 Å². The lowest BCUT2D eigenvalue weighted by Gasteiger charge is -2.25. The monoisotopic (exact) mass is 424 g/mol. The Morgan fingerprint density at radius 3 is 2.87 bits per heavy atom. The SMILES string of the molecule is O=C1CCC(c2nn(C3CC3)c3c(C#CCO[C@H]4CCNC[C@H]4F)cccc23)C(=O)N1. The standard InChI is InChI=1S/C23H25FN4O3/c24-18-13-25-11-10-19(18)31-12-2-4-14-3-1-5-16-21(17-8-9-20(29)26-23(17)30)27-28(22(14)16)15-6-7-15/h1,3,5,15,17-19,25H,6-13H2,(H,26,29,30)/t17?,18-,19+/m1/s1. The average Bonchev–Trinajstić information content (AvgIpc) is 3.53. The smallest absolute Gasteiger partial charge is 0.235 e. The molecular weight excluding hydrogens is 399 g/mol. The number of benzene rings is 1. The van der Waals surface area contributed by atoms with Crippen molar-refractivity contribution in [1.82, 2.24) is 20.4 Å². The maximum absolute atomic E-state index is 13.9. The second kappa shape index (κ2) is 8.40. The molecule has 1 saturated carbocycles. The van der Waals surface area contributed by atoms with E-state index in [4.69, 9.17) is 9.84 Å². The van der Waals surface area contributed by atoms with Crippen molar-refractivity contribution in [2.45, 2.75) is 56.3 Å². The number of alkyl halides is 1. The fourth-order valence-corrected chi connectivity index (χ4v) is 4.38. The van der Waals surface area contributed by atoms with Crippen molar-refractivity contribution in [3.63, 3.8) is 0 Å². The highest BCUT2D eigenvalue weighted by Crippen LogP contribution is 2.40. The van der Waals surface area contributed by atoms with Gasteiger partial charge in [0, 0.05) is 18.4 Å². The zero-order valence-corrected chi connectivity index (χ0v) is 17.2. The number of carbonyl (C=O) groups excluding carboxylic acids is 2. The predicted octanol–water partition coefficient (Wildman–Crippen LogP) is 1.96. The Bertz CT molecular complexity index is 1080. The Kier molecular flexibility index (Phi) is 5.47. The van der Waals surface area contributed by atoms with Gasteiger partial charge in [-0.3, -0.25) is 19.6 Å². The van der Waals surface area contributed by atoms with E-state index in [2.05, 4.69) is 22.5 Å². The first-order valence-corrected chi connectivity index (χ1v) is 10.9. The van der Waals surface area contributed by atoms with E-state index in [1.165, 1.54) is 0 Å². The number of ether oxygens (including phenoxy) is 1. The Hall–Kier alpha value is -2.76. The maximum Gasteiger partial charge on any atom is 0.235 e. The summed E-state index contributed by atoms with van der Waals surface area (Å²) < 4.78 is 21.5. The normalized spacial score (nSPS) is 26.4. The van der Waals surface area contributed by atoms with Crippen LogP contribution in [0.3, 0.4) is 0 Å². The molecule has 0 spiro atoms. The lowest BCUT2D eigenvalue weighted by Crippen LogP contribution is -2.42. The Balaban J connectivity index is 1.43. The first-order chi connectivity index (χ1) is 15.1. The molecule has 0 bridgehead atoms. The first-order valence-electron chi connectivity index (χ1n) is 10.9. The number of aromatic nitrogens is 2. The summed E-state index contributed by atoms with van der Waals surface area (Å²) in [5, 5.41) is 11.2. The summed E-state index contributed by atoms with van der Waals surface area (Å²) in [6, 6.07) is 6.12. The van der Waals surface area contributed by atoms with Crippen molar-refractivity contribution in [2.24, 2.45) is 0 Å². The molecule has 3 fully saturated rings. The Labute approximate surface area is 179 Å². The van der Waals surface area contributed by atoms with Crippen molar-refractivity contribution < 1.29 is 18.7 Å². The van der Waals surface area contributed by atoms with E-state index in [1.54, 1.807) is 0 Å². The average molecular weight is 424 g/mol. The van der Waals surface area contributed by atoms with Crippen LogP contribution < -0.4 is 10.6 Å². The molecule has 2 aromatic rings. The minimum absolute atomic E-state index is 0.166. The van der Waals surface area contributed by atoms with Crippen molar-refractivity contribution in [2.75, 3.05) is 19.7 Å². The number of para-hydroxylation sites is 1. The van der Waals surface area contributed by atoms with Crippen molar-refractivity contribution in [3.05, 3.63) is 29.5 Å². The molecule has 7 nitrogen and oxygen atoms in total. The van der Waals surface area contributed by atoms with Crippen LogP contribution in [0.2, 0.25) is 0 Å². The largest absolute Gasteiger partial charge is 0.362 e. The van der Waals surface area contributed by atoms with Gasteiger partial charge in [0.2, 0.25) is 11.8 Å². The number of piperidine rings is 2. The van der Waals surface area contributed by atoms with E-state index in [0.29, 0.717) is 37.5 Å². The molecule has 0 radical (unpaired) electrons. The van der Waals surface area contributed by atoms with E-state index in [0.717, 1.165) is 35.9 Å². The van der Waals surface area contributed by atoms with Crippen LogP contribution in [0.15, 0.2) is 18.2 Å². The molecule has 162 valence electrons. The van der Waals surface area contributed by atoms with Crippen LogP contribution in [-0.2, 0) is 14.3 Å². The molecule has 31 heavy (non-hydrogen) atoms. The summed E-state index contributed by atoms with van der Waals surface area (Å²) in [5.74, 6) is 5.24. The highest BCUT2D eigenvalue weighted by Gasteiger charge is 2.35. The number of nitrogens with zero attached hydrogens (tertiary/aromatic N) is 2. The summed E-state index contributed by atoms with van der Waals surface area (Å²) in [7, 11) is 0. The van der Waals surface area contributed by atoms with E-state index in [1.807, 2.05) is 22.9 Å². The van der Waals surface area contributed by atoms with Crippen LogP contribution in [-0.4, -0.2) is 53.6 Å². The maximum atomic E-state index is 13.9. The van der Waals surface area contributed by atoms with Crippen molar-refractivity contribution in [1.29, 1.82) is 0 Å². The third kappa shape index (κ3) is 4.08. The lowest BCUT2D eigenvalue weighted by atomic mass is 9.92. The summed E-state index contributed by atoms with van der Waals surface area (Å²) in [6.45, 7) is 1.24. The molecule has 2 saturated heterocycles. The number of amides is 2. The fourth-order valence-electron chi connectivity index (χ4n) is 4.38. The highest BCUT2D eigenvalue weighted by atomic mass is 19.1. The van der Waals surface area contributed by atoms with E-state index < -0.39 is 18.2 Å². The van der Waals surface area contributed by atoms with Crippen LogP contribution >= 0.6 is 0 Å². The molecule has 5 rings (SSSR count). The van der Waals surface area contributed by atoms with Crippen molar-refractivity contribution >= 4 is 22.7 Å². The van der Waals surface area contributed by atoms with Crippen LogP contribution in [0.4, 0.5) is 4.39 Å². The van der Waals surface area contributed by atoms with Gasteiger partial charge in [-0.05, 0) is 38.3 Å². The van der Waals surface area contributed by atoms with Gasteiger partial charge >= 0.3 is 0 Å². The number of imide groups is 1. The van der Waals surface area contributed by atoms with Crippen LogP contribution in [0.1, 0.15) is 55.3 Å². The van der Waals surface area contributed by atoms with Crippen LogP contribution in [0, 0.1) is 11.8 Å². The van der Waals surface area contributed by atoms with Gasteiger partial charge < -0.3 is 10.1 Å². The zero-order valence-electron chi connectivity index (χ0n) is 17.2. The molecule has 8 heteroatoms. The van der Waals surface area contributed by atoms with E-state index in [-0.39, 0.29) is 18.4 Å². The van der Waals surface area contributed by atoms with Gasteiger partial charge in [0.05, 0.1) is 34.8 Å². The zero-order chi connectivity index (χ0) is 21.4. The molecular formula is C23H25FN4O3. The minimum Gasteiger partial charge on any atom is -0.362 e. The second-order valence-electron chi connectivity index (χ2n) is 8.43. The number of rotatable bonds is 4. The second-order valence-corrected chi connectivity index (χ2v) is 8.43. The van der Waals surface area contributed by atoms with Crippen LogP contribution in [0.5, 0.6) is 0 Å². The molecule has 1 aromatic carbocycles. The van der Waals surface area contributed by atoms with E-state index >= 15 is 0 Å². The third-order valence-corrected chi connectivity index (χ3v) is 6.16. The molecule has 1 aromatic heterocycles. The summed E-state index contributed by atoms with van der Waals surface area (Å²) in [6.07, 6.45) is 2.09. The van der Waals surface area contributed by atoms with Gasteiger partial charge in [0.25, 0.3) is 0 Å². The molecule has 2 aliphatic heterocycles. The van der Waals surface area contributed by atoms with Gasteiger partial charge in [-0.2, -0.15) is 5.10 Å². The predicted molar refractivity (Wildman–Crippen MR) is 112 cm³/mol.